The van der Waals surface area contributed by atoms with Crippen molar-refractivity contribution in [3.05, 3.63) is 0 Å². The Morgan fingerprint density at radius 2 is 2.27 bits per heavy atom. The standard InChI is InChI=1S/C9H15NO5/c1-5-2-3-15-7(5)8(12)10-4-6(11)9(13)14/h5-7,11H,2-4H2,1H3,(H,10,12)(H,13,14)/t5?,6-,7?/m0/s1. The first kappa shape index (κ1) is 11.9. The lowest BCUT2D eigenvalue weighted by molar-refractivity contribution is -0.146. The van der Waals surface area contributed by atoms with Gasteiger partial charge in [0, 0.05) is 6.61 Å². The topological polar surface area (TPSA) is 95.9 Å². The molecule has 6 heteroatoms. The van der Waals surface area contributed by atoms with Crippen molar-refractivity contribution in [3.63, 3.8) is 0 Å². The van der Waals surface area contributed by atoms with Gasteiger partial charge in [0.2, 0.25) is 5.91 Å². The quantitative estimate of drug-likeness (QED) is 0.559. The van der Waals surface area contributed by atoms with E-state index in [1.165, 1.54) is 0 Å². The summed E-state index contributed by atoms with van der Waals surface area (Å²) in [5.74, 6) is -1.58. The molecule has 3 atom stereocenters. The zero-order valence-corrected chi connectivity index (χ0v) is 8.47. The molecule has 1 rings (SSSR count). The number of carboxylic acid groups (broad SMARTS) is 1. The molecule has 2 unspecified atom stereocenters. The predicted octanol–water partition coefficient (Wildman–Crippen LogP) is -1.03. The number of hydrogen-bond donors (Lipinski definition) is 3. The maximum absolute atomic E-state index is 11.4. The predicted molar refractivity (Wildman–Crippen MR) is 50.2 cm³/mol. The fraction of sp³-hybridized carbons (Fsp3) is 0.778. The minimum absolute atomic E-state index is 0.131. The first-order valence-electron chi connectivity index (χ1n) is 4.82. The van der Waals surface area contributed by atoms with E-state index in [9.17, 15) is 9.59 Å². The lowest BCUT2D eigenvalue weighted by atomic mass is 10.0. The highest BCUT2D eigenvalue weighted by Gasteiger charge is 2.31. The Balaban J connectivity index is 2.32. The monoisotopic (exact) mass is 217 g/mol. The smallest absolute Gasteiger partial charge is 0.334 e. The fourth-order valence-electron chi connectivity index (χ4n) is 1.42. The second-order valence-electron chi connectivity index (χ2n) is 3.66. The van der Waals surface area contributed by atoms with E-state index >= 15 is 0 Å². The Morgan fingerprint density at radius 3 is 2.73 bits per heavy atom. The molecule has 1 aliphatic heterocycles. The number of amides is 1. The summed E-state index contributed by atoms with van der Waals surface area (Å²) in [6, 6.07) is 0. The molecule has 0 aromatic rings. The SMILES string of the molecule is CC1CCOC1C(=O)NC[C@H](O)C(=O)O. The number of aliphatic hydroxyl groups excluding tert-OH is 1. The molecule has 0 radical (unpaired) electrons. The van der Waals surface area contributed by atoms with Gasteiger partial charge in [-0.3, -0.25) is 4.79 Å². The molecule has 0 aromatic heterocycles. The minimum atomic E-state index is -1.56. The Kier molecular flexibility index (Phi) is 4.05. The highest BCUT2D eigenvalue weighted by molar-refractivity contribution is 5.82. The van der Waals surface area contributed by atoms with Crippen LogP contribution in [0.2, 0.25) is 0 Å². The summed E-state index contributed by atoms with van der Waals surface area (Å²) in [6.45, 7) is 2.15. The van der Waals surface area contributed by atoms with Crippen molar-refractivity contribution in [1.29, 1.82) is 0 Å². The van der Waals surface area contributed by atoms with Gasteiger partial charge >= 0.3 is 5.97 Å². The van der Waals surface area contributed by atoms with Gasteiger partial charge in [-0.1, -0.05) is 6.92 Å². The number of ether oxygens (including phenoxy) is 1. The van der Waals surface area contributed by atoms with Gasteiger partial charge in [0.15, 0.2) is 6.10 Å². The van der Waals surface area contributed by atoms with Crippen LogP contribution in [0.5, 0.6) is 0 Å². The van der Waals surface area contributed by atoms with E-state index in [0.717, 1.165) is 6.42 Å². The molecule has 3 N–H and O–H groups in total. The van der Waals surface area contributed by atoms with Gasteiger partial charge in [-0.25, -0.2) is 4.79 Å². The molecule has 0 aliphatic carbocycles. The van der Waals surface area contributed by atoms with Crippen LogP contribution in [0.4, 0.5) is 0 Å². The van der Waals surface area contributed by atoms with Crippen molar-refractivity contribution in [2.45, 2.75) is 25.6 Å². The van der Waals surface area contributed by atoms with Gasteiger partial charge in [-0.2, -0.15) is 0 Å². The average molecular weight is 217 g/mol. The second kappa shape index (κ2) is 5.09. The molecule has 6 nitrogen and oxygen atoms in total. The van der Waals surface area contributed by atoms with Crippen LogP contribution in [0.15, 0.2) is 0 Å². The molecule has 0 spiro atoms. The van der Waals surface area contributed by atoms with E-state index in [4.69, 9.17) is 14.9 Å². The van der Waals surface area contributed by atoms with Gasteiger partial charge in [0.25, 0.3) is 0 Å². The number of rotatable bonds is 4. The summed E-state index contributed by atoms with van der Waals surface area (Å²) in [4.78, 5) is 21.7. The van der Waals surface area contributed by atoms with Gasteiger partial charge in [-0.05, 0) is 12.3 Å². The summed E-state index contributed by atoms with van der Waals surface area (Å²) >= 11 is 0. The third-order valence-corrected chi connectivity index (χ3v) is 2.40. The number of carbonyl (C=O) groups is 2. The molecule has 0 bridgehead atoms. The average Bonchev–Trinajstić information content (AvgIpc) is 2.60. The number of carbonyl (C=O) groups excluding carboxylic acids is 1. The highest BCUT2D eigenvalue weighted by Crippen LogP contribution is 2.19. The summed E-state index contributed by atoms with van der Waals surface area (Å²) in [5.41, 5.74) is 0. The molecule has 1 fully saturated rings. The van der Waals surface area contributed by atoms with Crippen LogP contribution in [0.25, 0.3) is 0 Å². The highest BCUT2D eigenvalue weighted by atomic mass is 16.5. The number of hydrogen-bond acceptors (Lipinski definition) is 4. The maximum Gasteiger partial charge on any atom is 0.334 e. The Morgan fingerprint density at radius 1 is 1.60 bits per heavy atom. The van der Waals surface area contributed by atoms with Crippen LogP contribution >= 0.6 is 0 Å². The van der Waals surface area contributed by atoms with E-state index in [1.54, 1.807) is 0 Å². The minimum Gasteiger partial charge on any atom is -0.479 e. The first-order valence-corrected chi connectivity index (χ1v) is 4.82. The van der Waals surface area contributed by atoms with Crippen molar-refractivity contribution in [2.75, 3.05) is 13.2 Å². The second-order valence-corrected chi connectivity index (χ2v) is 3.66. The molecule has 0 aromatic carbocycles. The lowest BCUT2D eigenvalue weighted by Gasteiger charge is -2.15. The zero-order valence-electron chi connectivity index (χ0n) is 8.47. The van der Waals surface area contributed by atoms with Crippen molar-refractivity contribution in [1.82, 2.24) is 5.32 Å². The number of nitrogens with one attached hydrogen (secondary N) is 1. The molecule has 1 amide bonds. The molecule has 1 saturated heterocycles. The third kappa shape index (κ3) is 3.17. The van der Waals surface area contributed by atoms with Gasteiger partial charge in [0.1, 0.15) is 6.10 Å². The molecule has 0 saturated carbocycles. The van der Waals surface area contributed by atoms with Crippen LogP contribution in [0, 0.1) is 5.92 Å². The molecule has 86 valence electrons. The Hall–Kier alpha value is -1.14. The van der Waals surface area contributed by atoms with E-state index in [1.807, 2.05) is 6.92 Å². The normalized spacial score (nSPS) is 27.3. The molecular weight excluding hydrogens is 202 g/mol. The summed E-state index contributed by atoms with van der Waals surface area (Å²) in [6.07, 6.45) is -1.27. The van der Waals surface area contributed by atoms with E-state index in [-0.39, 0.29) is 18.4 Å². The Bertz CT molecular complexity index is 255. The molecular formula is C9H15NO5. The fourth-order valence-corrected chi connectivity index (χ4v) is 1.42. The van der Waals surface area contributed by atoms with Gasteiger partial charge < -0.3 is 20.3 Å². The summed E-state index contributed by atoms with van der Waals surface area (Å²) in [5, 5.41) is 19.6. The van der Waals surface area contributed by atoms with Crippen LogP contribution in [0.3, 0.4) is 0 Å². The first-order chi connectivity index (χ1) is 7.02. The summed E-state index contributed by atoms with van der Waals surface area (Å²) < 4.78 is 5.18. The van der Waals surface area contributed by atoms with Crippen LogP contribution < -0.4 is 5.32 Å². The van der Waals surface area contributed by atoms with E-state index in [0.29, 0.717) is 6.61 Å². The van der Waals surface area contributed by atoms with Crippen molar-refractivity contribution in [3.8, 4) is 0 Å². The van der Waals surface area contributed by atoms with E-state index < -0.39 is 18.2 Å². The Labute approximate surface area is 87.2 Å². The third-order valence-electron chi connectivity index (χ3n) is 2.40. The van der Waals surface area contributed by atoms with Gasteiger partial charge in [-0.15, -0.1) is 0 Å². The molecule has 1 aliphatic rings. The van der Waals surface area contributed by atoms with Gasteiger partial charge in [0.05, 0.1) is 6.54 Å². The van der Waals surface area contributed by atoms with Crippen molar-refractivity contribution < 1.29 is 24.5 Å². The largest absolute Gasteiger partial charge is 0.479 e. The van der Waals surface area contributed by atoms with E-state index in [2.05, 4.69) is 5.32 Å². The van der Waals surface area contributed by atoms with Crippen LogP contribution in [0.1, 0.15) is 13.3 Å². The van der Waals surface area contributed by atoms with Crippen LogP contribution in [-0.4, -0.2) is 47.4 Å². The molecule has 1 heterocycles. The number of aliphatic carboxylic acids is 1. The number of aliphatic hydroxyl groups is 1. The molecule has 15 heavy (non-hydrogen) atoms. The van der Waals surface area contributed by atoms with Crippen molar-refractivity contribution >= 4 is 11.9 Å². The zero-order chi connectivity index (χ0) is 11.4. The van der Waals surface area contributed by atoms with Crippen LogP contribution in [-0.2, 0) is 14.3 Å². The number of carboxylic acids is 1. The summed E-state index contributed by atoms with van der Waals surface area (Å²) in [7, 11) is 0. The van der Waals surface area contributed by atoms with Crippen molar-refractivity contribution in [2.24, 2.45) is 5.92 Å². The lowest BCUT2D eigenvalue weighted by Crippen LogP contribution is -2.42. The maximum atomic E-state index is 11.4.